The van der Waals surface area contributed by atoms with Gasteiger partial charge >= 0.3 is 6.18 Å². The maximum absolute atomic E-state index is 13.1. The highest BCUT2D eigenvalue weighted by molar-refractivity contribution is 5.33. The Morgan fingerprint density at radius 2 is 1.80 bits per heavy atom. The first-order chi connectivity index (χ1) is 9.32. The van der Waals surface area contributed by atoms with Gasteiger partial charge in [0.25, 0.3) is 0 Å². The molecule has 1 N–H and O–H groups in total. The van der Waals surface area contributed by atoms with Gasteiger partial charge in [0, 0.05) is 6.61 Å². The third-order valence-electron chi connectivity index (χ3n) is 3.26. The van der Waals surface area contributed by atoms with E-state index in [0.717, 1.165) is 6.07 Å². The highest BCUT2D eigenvalue weighted by atomic mass is 19.4. The Morgan fingerprint density at radius 3 is 2.25 bits per heavy atom. The van der Waals surface area contributed by atoms with E-state index in [-0.39, 0.29) is 17.6 Å². The minimum Gasteiger partial charge on any atom is -0.376 e. The summed E-state index contributed by atoms with van der Waals surface area (Å²) in [7, 11) is 1.66. The first-order valence-corrected chi connectivity index (χ1v) is 6.77. The number of likely N-dealkylation sites (N-methyl/N-ethyl adjacent to an activating group) is 1. The first kappa shape index (κ1) is 17.0. The van der Waals surface area contributed by atoms with E-state index in [2.05, 4.69) is 5.32 Å². The molecule has 5 heteroatoms. The molecular formula is C15H22F3NO. The summed E-state index contributed by atoms with van der Waals surface area (Å²) in [6.45, 7) is 6.20. The maximum atomic E-state index is 13.1. The van der Waals surface area contributed by atoms with Crippen LogP contribution in [0.3, 0.4) is 0 Å². The van der Waals surface area contributed by atoms with Crippen LogP contribution in [0.1, 0.15) is 37.9 Å². The molecule has 1 aromatic rings. The number of halogens is 3. The number of benzene rings is 1. The van der Waals surface area contributed by atoms with E-state index >= 15 is 0 Å². The maximum Gasteiger partial charge on any atom is 0.416 e. The number of nitrogens with one attached hydrogen (secondary N) is 1. The van der Waals surface area contributed by atoms with Gasteiger partial charge in [0.15, 0.2) is 0 Å². The van der Waals surface area contributed by atoms with Crippen molar-refractivity contribution in [2.24, 2.45) is 5.92 Å². The Hall–Kier alpha value is -1.07. The Balaban J connectivity index is 3.24. The summed E-state index contributed by atoms with van der Waals surface area (Å²) in [4.78, 5) is 0. The molecular weight excluding hydrogens is 267 g/mol. The van der Waals surface area contributed by atoms with Crippen LogP contribution in [0, 0.1) is 5.92 Å². The first-order valence-electron chi connectivity index (χ1n) is 6.77. The quantitative estimate of drug-likeness (QED) is 0.854. The molecule has 0 aromatic heterocycles. The summed E-state index contributed by atoms with van der Waals surface area (Å²) in [5, 5.41) is 2.97. The van der Waals surface area contributed by atoms with Crippen molar-refractivity contribution in [1.29, 1.82) is 0 Å². The van der Waals surface area contributed by atoms with Gasteiger partial charge < -0.3 is 10.1 Å². The smallest absolute Gasteiger partial charge is 0.376 e. The molecule has 2 unspecified atom stereocenters. The molecule has 2 atom stereocenters. The van der Waals surface area contributed by atoms with Crippen molar-refractivity contribution in [3.8, 4) is 0 Å². The van der Waals surface area contributed by atoms with Gasteiger partial charge in [-0.15, -0.1) is 0 Å². The highest BCUT2D eigenvalue weighted by Gasteiger charge is 2.37. The van der Waals surface area contributed by atoms with Crippen molar-refractivity contribution in [3.63, 3.8) is 0 Å². The van der Waals surface area contributed by atoms with Gasteiger partial charge in [0.05, 0.1) is 17.7 Å². The Morgan fingerprint density at radius 1 is 1.20 bits per heavy atom. The highest BCUT2D eigenvalue weighted by Crippen LogP contribution is 2.36. The Bertz CT molecular complexity index is 418. The third-order valence-corrected chi connectivity index (χ3v) is 3.26. The average Bonchev–Trinajstić information content (AvgIpc) is 2.38. The average molecular weight is 289 g/mol. The third kappa shape index (κ3) is 3.96. The van der Waals surface area contributed by atoms with Crippen molar-refractivity contribution in [3.05, 3.63) is 35.4 Å². The molecule has 1 aromatic carbocycles. The fourth-order valence-corrected chi connectivity index (χ4v) is 2.39. The van der Waals surface area contributed by atoms with Crippen LogP contribution in [0.5, 0.6) is 0 Å². The standard InChI is InChI=1S/C15H22F3NO/c1-5-20-14(10(2)3)13(19-4)11-8-6-7-9-12(11)15(16,17)18/h6-10,13-14,19H,5H2,1-4H3. The van der Waals surface area contributed by atoms with Crippen molar-refractivity contribution < 1.29 is 17.9 Å². The van der Waals surface area contributed by atoms with E-state index in [1.54, 1.807) is 13.1 Å². The minimum atomic E-state index is -4.36. The van der Waals surface area contributed by atoms with E-state index in [4.69, 9.17) is 4.74 Å². The number of hydrogen-bond donors (Lipinski definition) is 1. The largest absolute Gasteiger partial charge is 0.416 e. The second kappa shape index (κ2) is 7.09. The monoisotopic (exact) mass is 289 g/mol. The molecule has 2 nitrogen and oxygen atoms in total. The summed E-state index contributed by atoms with van der Waals surface area (Å²) in [6, 6.07) is 5.16. The topological polar surface area (TPSA) is 21.3 Å². The zero-order valence-corrected chi connectivity index (χ0v) is 12.3. The van der Waals surface area contributed by atoms with Crippen LogP contribution in [0.25, 0.3) is 0 Å². The van der Waals surface area contributed by atoms with Crippen LogP contribution in [-0.4, -0.2) is 19.8 Å². The zero-order chi connectivity index (χ0) is 15.3. The minimum absolute atomic E-state index is 0.105. The van der Waals surface area contributed by atoms with Gasteiger partial charge in [0.2, 0.25) is 0 Å². The molecule has 0 aliphatic carbocycles. The van der Waals surface area contributed by atoms with Crippen LogP contribution < -0.4 is 5.32 Å². The Labute approximate surface area is 118 Å². The van der Waals surface area contributed by atoms with Crippen LogP contribution in [0.15, 0.2) is 24.3 Å². The molecule has 0 aliphatic rings. The van der Waals surface area contributed by atoms with Crippen molar-refractivity contribution in [2.75, 3.05) is 13.7 Å². The molecule has 0 heterocycles. The SMILES string of the molecule is CCOC(C(C)C)C(NC)c1ccccc1C(F)(F)F. The summed E-state index contributed by atoms with van der Waals surface area (Å²) in [5.41, 5.74) is -0.376. The predicted octanol–water partition coefficient (Wildman–Crippen LogP) is 4.03. The molecule has 114 valence electrons. The number of rotatable bonds is 6. The Kier molecular flexibility index (Phi) is 6.02. The molecule has 0 bridgehead atoms. The lowest BCUT2D eigenvalue weighted by atomic mass is 9.90. The van der Waals surface area contributed by atoms with Crippen LogP contribution in [0.2, 0.25) is 0 Å². The van der Waals surface area contributed by atoms with Crippen LogP contribution in [-0.2, 0) is 10.9 Å². The predicted molar refractivity (Wildman–Crippen MR) is 73.5 cm³/mol. The molecule has 0 saturated carbocycles. The van der Waals surface area contributed by atoms with Gasteiger partial charge in [-0.3, -0.25) is 0 Å². The van der Waals surface area contributed by atoms with E-state index in [9.17, 15) is 13.2 Å². The molecule has 0 spiro atoms. The number of hydrogen-bond acceptors (Lipinski definition) is 2. The summed E-state index contributed by atoms with van der Waals surface area (Å²) >= 11 is 0. The van der Waals surface area contributed by atoms with E-state index in [1.165, 1.54) is 12.1 Å². The van der Waals surface area contributed by atoms with E-state index in [0.29, 0.717) is 6.61 Å². The van der Waals surface area contributed by atoms with E-state index < -0.39 is 17.8 Å². The fourth-order valence-electron chi connectivity index (χ4n) is 2.39. The van der Waals surface area contributed by atoms with Crippen molar-refractivity contribution >= 4 is 0 Å². The van der Waals surface area contributed by atoms with Crippen LogP contribution >= 0.6 is 0 Å². The summed E-state index contributed by atoms with van der Waals surface area (Å²) < 4.78 is 45.0. The molecule has 0 radical (unpaired) electrons. The van der Waals surface area contributed by atoms with Crippen molar-refractivity contribution in [1.82, 2.24) is 5.32 Å². The molecule has 0 amide bonds. The number of alkyl halides is 3. The lowest BCUT2D eigenvalue weighted by Crippen LogP contribution is -2.36. The van der Waals surface area contributed by atoms with Crippen LogP contribution in [0.4, 0.5) is 13.2 Å². The molecule has 0 aliphatic heterocycles. The van der Waals surface area contributed by atoms with Gasteiger partial charge in [0.1, 0.15) is 0 Å². The van der Waals surface area contributed by atoms with Gasteiger partial charge in [-0.2, -0.15) is 13.2 Å². The second-order valence-corrected chi connectivity index (χ2v) is 5.02. The summed E-state index contributed by atoms with van der Waals surface area (Å²) in [6.07, 6.45) is -4.67. The zero-order valence-electron chi connectivity index (χ0n) is 12.3. The van der Waals surface area contributed by atoms with E-state index in [1.807, 2.05) is 20.8 Å². The lowest BCUT2D eigenvalue weighted by molar-refractivity contribution is -0.139. The van der Waals surface area contributed by atoms with Gasteiger partial charge in [-0.25, -0.2) is 0 Å². The summed E-state index contributed by atoms with van der Waals surface area (Å²) in [5.74, 6) is 0.105. The number of ether oxygens (including phenoxy) is 1. The van der Waals surface area contributed by atoms with Gasteiger partial charge in [-0.05, 0) is 31.5 Å². The molecule has 0 fully saturated rings. The normalized spacial score (nSPS) is 15.4. The second-order valence-electron chi connectivity index (χ2n) is 5.02. The fraction of sp³-hybridized carbons (Fsp3) is 0.600. The lowest BCUT2D eigenvalue weighted by Gasteiger charge is -2.31. The molecule has 0 saturated heterocycles. The molecule has 1 rings (SSSR count). The molecule has 20 heavy (non-hydrogen) atoms. The van der Waals surface area contributed by atoms with Gasteiger partial charge in [-0.1, -0.05) is 32.0 Å². The van der Waals surface area contributed by atoms with Crippen molar-refractivity contribution in [2.45, 2.75) is 39.1 Å².